The summed E-state index contributed by atoms with van der Waals surface area (Å²) in [5.74, 6) is -4.52. The number of Topliss-reactive ketones (excluding diaryl/α,β-unsaturated/α-hetero) is 1. The van der Waals surface area contributed by atoms with Crippen LogP contribution in [0.25, 0.3) is 0 Å². The summed E-state index contributed by atoms with van der Waals surface area (Å²) in [5.41, 5.74) is -6.28. The minimum atomic E-state index is -2.46. The van der Waals surface area contributed by atoms with Crippen molar-refractivity contribution in [2.45, 2.75) is 69.6 Å². The molecule has 5 rings (SSSR count). The van der Waals surface area contributed by atoms with Crippen LogP contribution < -0.4 is 5.32 Å². The molecule has 0 aliphatic heterocycles. The second-order valence-electron chi connectivity index (χ2n) is 12.7. The number of hydrogen-bond donors (Lipinski definition) is 4. The molecule has 0 bridgehead atoms. The molecule has 14 heteroatoms. The quantitative estimate of drug-likeness (QED) is 0.174. The number of ether oxygens (including phenoxy) is 1. The minimum Gasteiger partial charge on any atom is -0.456 e. The number of aliphatic hydroxyl groups excluding tert-OH is 2. The number of fused-ring (bicyclic) bond motifs is 5. The molecule has 3 saturated carbocycles. The Morgan fingerprint density at radius 1 is 1.13 bits per heavy atom. The number of esters is 1. The van der Waals surface area contributed by atoms with E-state index in [-0.39, 0.29) is 37.2 Å². The van der Waals surface area contributed by atoms with Crippen LogP contribution in [0.1, 0.15) is 55.5 Å². The van der Waals surface area contributed by atoms with Crippen LogP contribution in [0.15, 0.2) is 48.1 Å². The number of nitrogens with zero attached hydrogens (tertiary/aromatic N) is 1. The first kappa shape index (κ1) is 32.4. The lowest BCUT2D eigenvalue weighted by atomic mass is 9.44. The highest BCUT2D eigenvalue weighted by Crippen LogP contribution is 2.69. The van der Waals surface area contributed by atoms with Gasteiger partial charge in [-0.2, -0.15) is 0 Å². The van der Waals surface area contributed by atoms with E-state index in [0.717, 1.165) is 0 Å². The third kappa shape index (κ3) is 5.04. The Bertz CT molecular complexity index is 1490. The maximum absolute atomic E-state index is 17.2. The van der Waals surface area contributed by atoms with E-state index in [1.54, 1.807) is 6.92 Å². The van der Waals surface area contributed by atoms with Crippen LogP contribution in [0, 0.1) is 32.8 Å². The molecule has 0 unspecified atom stereocenters. The number of hydrogen-bond acceptors (Lipinski definition) is 11. The monoisotopic (exact) mass is 630 g/mol. The molecule has 1 aromatic rings. The summed E-state index contributed by atoms with van der Waals surface area (Å²) >= 11 is 0. The Balaban J connectivity index is 1.23. The second kappa shape index (κ2) is 11.4. The average molecular weight is 631 g/mol. The molecule has 1 aromatic carbocycles. The first-order valence-electron chi connectivity index (χ1n) is 14.6. The third-order valence-electron chi connectivity index (χ3n) is 10.6. The smallest absolute Gasteiger partial charge is 0.325 e. The minimum absolute atomic E-state index is 0.124. The normalized spacial score (nSPS) is 36.6. The van der Waals surface area contributed by atoms with Crippen molar-refractivity contribution >= 4 is 23.4 Å². The van der Waals surface area contributed by atoms with E-state index >= 15 is 4.39 Å². The lowest BCUT2D eigenvalue weighted by Gasteiger charge is -2.62. The standard InChI is InChI=1S/C31H35FN2O11/c1-28-10-9-20(35)11-19(28)7-8-21-22-12-23(36)31(41,29(22,2)13-24(37)30(21,28)32)25(38)16-44-26(39)14-33-27(40)18-5-3-17(4-6-18)15-45-34(42)43/h3-6,9-11,21-24,36-37,41H,7-8,12-16H2,1-2H3,(H,33,40)/t21-,22-,23+,24-,28-,29-,30-,31-/m0/s1. The molecular weight excluding hydrogens is 595 g/mol. The van der Waals surface area contributed by atoms with Crippen LogP contribution in [0.3, 0.4) is 0 Å². The third-order valence-corrected chi connectivity index (χ3v) is 10.6. The summed E-state index contributed by atoms with van der Waals surface area (Å²) in [4.78, 5) is 64.8. The fourth-order valence-electron chi connectivity index (χ4n) is 8.17. The molecule has 0 saturated heterocycles. The van der Waals surface area contributed by atoms with Gasteiger partial charge in [0.25, 0.3) is 11.0 Å². The van der Waals surface area contributed by atoms with Crippen LogP contribution in [0.5, 0.6) is 0 Å². The average Bonchev–Trinajstić information content (AvgIpc) is 3.20. The lowest BCUT2D eigenvalue weighted by Crippen LogP contribution is -2.69. The largest absolute Gasteiger partial charge is 0.456 e. The predicted molar refractivity (Wildman–Crippen MR) is 151 cm³/mol. The van der Waals surface area contributed by atoms with Gasteiger partial charge in [-0.15, -0.1) is 10.1 Å². The first-order chi connectivity index (χ1) is 21.1. The number of aliphatic hydroxyl groups is 3. The number of alkyl halides is 1. The highest BCUT2D eigenvalue weighted by molar-refractivity contribution is 6.01. The van der Waals surface area contributed by atoms with Gasteiger partial charge in [-0.25, -0.2) is 4.39 Å². The van der Waals surface area contributed by atoms with Crippen molar-refractivity contribution in [3.8, 4) is 0 Å². The van der Waals surface area contributed by atoms with Gasteiger partial charge < -0.3 is 30.2 Å². The number of amides is 1. The van der Waals surface area contributed by atoms with Crippen LogP contribution in [0.2, 0.25) is 0 Å². The number of carbonyl (C=O) groups excluding carboxylic acids is 4. The highest BCUT2D eigenvalue weighted by atomic mass is 19.1. The van der Waals surface area contributed by atoms with Crippen LogP contribution in [-0.2, 0) is 30.6 Å². The van der Waals surface area contributed by atoms with Gasteiger partial charge >= 0.3 is 5.97 Å². The van der Waals surface area contributed by atoms with E-state index < -0.39 is 82.0 Å². The Kier molecular flexibility index (Phi) is 8.21. The van der Waals surface area contributed by atoms with Gasteiger partial charge in [0, 0.05) is 22.3 Å². The first-order valence-corrected chi connectivity index (χ1v) is 14.6. The van der Waals surface area contributed by atoms with Gasteiger partial charge in [0.15, 0.2) is 23.7 Å². The van der Waals surface area contributed by atoms with Crippen molar-refractivity contribution in [1.29, 1.82) is 0 Å². The highest BCUT2D eigenvalue weighted by Gasteiger charge is 2.76. The van der Waals surface area contributed by atoms with E-state index in [0.29, 0.717) is 17.6 Å². The number of benzene rings is 1. The Hall–Kier alpha value is -4.01. The molecule has 242 valence electrons. The number of halogens is 1. The van der Waals surface area contributed by atoms with Gasteiger partial charge in [-0.3, -0.25) is 19.2 Å². The SMILES string of the molecule is C[C@]12C=CC(=O)C=C1CC[C@H]1[C@@H]3C[C@@H](O)[C@](O)(C(=O)COC(=O)CNC(=O)c4ccc(CO[N+](=O)[O-])cc4)[C@@]3(C)C[C@H](O)[C@@]12F. The van der Waals surface area contributed by atoms with Crippen molar-refractivity contribution < 1.29 is 53.5 Å². The molecule has 45 heavy (non-hydrogen) atoms. The number of rotatable bonds is 9. The van der Waals surface area contributed by atoms with Gasteiger partial charge in [0.05, 0.1) is 12.2 Å². The van der Waals surface area contributed by atoms with Crippen molar-refractivity contribution in [3.63, 3.8) is 0 Å². The second-order valence-corrected chi connectivity index (χ2v) is 12.7. The lowest BCUT2D eigenvalue weighted by molar-refractivity contribution is -0.763. The fourth-order valence-corrected chi connectivity index (χ4v) is 8.17. The van der Waals surface area contributed by atoms with Crippen molar-refractivity contribution in [2.75, 3.05) is 13.2 Å². The Morgan fingerprint density at radius 2 is 1.82 bits per heavy atom. The summed E-state index contributed by atoms with van der Waals surface area (Å²) < 4.78 is 22.2. The van der Waals surface area contributed by atoms with Gasteiger partial charge in [-0.1, -0.05) is 30.7 Å². The molecule has 8 atom stereocenters. The van der Waals surface area contributed by atoms with Gasteiger partial charge in [-0.05, 0) is 68.4 Å². The number of ketones is 2. The van der Waals surface area contributed by atoms with Crippen molar-refractivity contribution in [2.24, 2.45) is 22.7 Å². The summed E-state index contributed by atoms with van der Waals surface area (Å²) in [6.07, 6.45) is 0.995. The summed E-state index contributed by atoms with van der Waals surface area (Å²) in [6, 6.07) is 5.61. The van der Waals surface area contributed by atoms with Crippen molar-refractivity contribution in [3.05, 3.63) is 69.3 Å². The molecule has 0 heterocycles. The molecule has 4 N–H and O–H groups in total. The van der Waals surface area contributed by atoms with Crippen molar-refractivity contribution in [1.82, 2.24) is 5.32 Å². The molecule has 0 spiro atoms. The van der Waals surface area contributed by atoms with Crippen LogP contribution in [0.4, 0.5) is 4.39 Å². The number of nitrogens with one attached hydrogen (secondary N) is 1. The molecular formula is C31H35FN2O11. The van der Waals surface area contributed by atoms with Crippen LogP contribution in [-0.4, -0.2) is 80.5 Å². The molecule has 1 amide bonds. The van der Waals surface area contributed by atoms with Gasteiger partial charge in [0.2, 0.25) is 5.78 Å². The maximum atomic E-state index is 17.2. The zero-order valence-electron chi connectivity index (χ0n) is 24.7. The number of carbonyl (C=O) groups is 4. The molecule has 4 aliphatic rings. The van der Waals surface area contributed by atoms with Crippen LogP contribution >= 0.6 is 0 Å². The molecule has 0 radical (unpaired) electrons. The molecule has 13 nitrogen and oxygen atoms in total. The molecule has 4 aliphatic carbocycles. The number of allylic oxidation sites excluding steroid dienone is 4. The summed E-state index contributed by atoms with van der Waals surface area (Å²) in [6.45, 7) is 1.28. The Labute approximate surface area is 257 Å². The van der Waals surface area contributed by atoms with E-state index in [4.69, 9.17) is 4.74 Å². The molecule has 0 aromatic heterocycles. The van der Waals surface area contributed by atoms with E-state index in [2.05, 4.69) is 10.2 Å². The maximum Gasteiger partial charge on any atom is 0.325 e. The zero-order chi connectivity index (χ0) is 32.9. The fraction of sp³-hybridized carbons (Fsp3) is 0.548. The van der Waals surface area contributed by atoms with Gasteiger partial charge in [0.1, 0.15) is 13.2 Å². The predicted octanol–water partition coefficient (Wildman–Crippen LogP) is 1.31. The van der Waals surface area contributed by atoms with E-state index in [9.17, 15) is 44.6 Å². The molecule has 3 fully saturated rings. The summed E-state index contributed by atoms with van der Waals surface area (Å²) in [5, 5.41) is 45.9. The Morgan fingerprint density at radius 3 is 2.49 bits per heavy atom. The summed E-state index contributed by atoms with van der Waals surface area (Å²) in [7, 11) is 0. The van der Waals surface area contributed by atoms with E-state index in [1.165, 1.54) is 49.4 Å². The topological polar surface area (TPSA) is 203 Å². The zero-order valence-corrected chi connectivity index (χ0v) is 24.7. The van der Waals surface area contributed by atoms with E-state index in [1.807, 2.05) is 0 Å².